The van der Waals surface area contributed by atoms with Crippen molar-refractivity contribution >= 4 is 61.8 Å². The van der Waals surface area contributed by atoms with E-state index in [4.69, 9.17) is 30.7 Å². The van der Waals surface area contributed by atoms with Gasteiger partial charge in [0.15, 0.2) is 0 Å². The van der Waals surface area contributed by atoms with Gasteiger partial charge >= 0.3 is 7.82 Å². The Hall–Kier alpha value is -4.98. The summed E-state index contributed by atoms with van der Waals surface area (Å²) in [6, 6.07) is 3.26. The van der Waals surface area contributed by atoms with Crippen molar-refractivity contribution in [3.8, 4) is 0 Å². The number of hydrogen-bond acceptors (Lipinski definition) is 15. The van der Waals surface area contributed by atoms with Gasteiger partial charge in [0.1, 0.15) is 24.2 Å². The highest BCUT2D eigenvalue weighted by atomic mass is 32.1. The van der Waals surface area contributed by atoms with Crippen LogP contribution in [-0.4, -0.2) is 166 Å². The highest BCUT2D eigenvalue weighted by Gasteiger charge is 2.35. The van der Waals surface area contributed by atoms with Crippen LogP contribution in [0.1, 0.15) is 77.0 Å². The Labute approximate surface area is 413 Å². The normalized spacial score (nSPS) is 14.1. The smallest absolute Gasteiger partial charge is 0.394 e. The number of unbranched alkanes of at least 4 members (excludes halogenated alkanes) is 4. The third kappa shape index (κ3) is 25.8. The molecule has 70 heavy (non-hydrogen) atoms. The lowest BCUT2D eigenvalue weighted by atomic mass is 10.0. The number of aromatic nitrogens is 2. The minimum absolute atomic E-state index is 0.0418. The van der Waals surface area contributed by atoms with E-state index in [0.29, 0.717) is 12.1 Å². The topological polar surface area (TPSA) is 369 Å². The number of nitrogens with two attached hydrogens (primary N) is 2. The molecule has 0 saturated heterocycles. The molecule has 1 aromatic heterocycles. The molecular formula is C44H73N10O14PS. The molecule has 1 aromatic carbocycles. The lowest BCUT2D eigenvalue weighted by Gasteiger charge is -2.28. The molecule has 0 fully saturated rings. The predicted octanol–water partition coefficient (Wildman–Crippen LogP) is -1.27. The molecule has 7 amide bonds. The molecule has 26 heteroatoms. The van der Waals surface area contributed by atoms with Crippen LogP contribution in [0.2, 0.25) is 0 Å². The Bertz CT molecular complexity index is 1950. The third-order valence-corrected chi connectivity index (χ3v) is 11.5. The third-order valence-electron chi connectivity index (χ3n) is 10.5. The van der Waals surface area contributed by atoms with Gasteiger partial charge in [-0.05, 0) is 44.1 Å². The Balaban J connectivity index is 2.13. The summed E-state index contributed by atoms with van der Waals surface area (Å²) >= 11 is 4.00. The van der Waals surface area contributed by atoms with Crippen LogP contribution in [0.15, 0.2) is 42.9 Å². The van der Waals surface area contributed by atoms with Crippen molar-refractivity contribution in [1.82, 2.24) is 41.5 Å². The molecule has 394 valence electrons. The molecule has 0 unspecified atom stereocenters. The van der Waals surface area contributed by atoms with E-state index in [2.05, 4.69) is 65.8 Å². The van der Waals surface area contributed by atoms with Crippen LogP contribution in [0.3, 0.4) is 0 Å². The van der Waals surface area contributed by atoms with Gasteiger partial charge in [-0.25, -0.2) is 9.55 Å². The number of carbonyl (C=O) groups is 7. The van der Waals surface area contributed by atoms with Crippen molar-refractivity contribution in [3.05, 3.63) is 54.1 Å². The molecule has 0 aliphatic heterocycles. The second-order valence-corrected chi connectivity index (χ2v) is 18.5. The quantitative estimate of drug-likeness (QED) is 0.0213. The summed E-state index contributed by atoms with van der Waals surface area (Å²) in [7, 11) is -5.13. The van der Waals surface area contributed by atoms with Crippen molar-refractivity contribution < 1.29 is 67.0 Å². The number of rotatable bonds is 37. The number of thiol groups is 1. The molecule has 2 aromatic rings. The Kier molecular flexibility index (Phi) is 29.3. The average molecular weight is 1030 g/mol. The van der Waals surface area contributed by atoms with E-state index < -0.39 is 80.3 Å². The number of imidazole rings is 1. The van der Waals surface area contributed by atoms with Crippen molar-refractivity contribution in [3.63, 3.8) is 0 Å². The number of hydrogen-bond donors (Lipinski definition) is 12. The standard InChI is InChI=1S/C44H73N10O14PS/c1-29(2)22-34(42(60)51-35(23-32-24-47-28-49-32)43(61)52-36(26-55)44(62)53-39(40(46)58)30(3)68-69(63,64)65)50-37(56)25-54(17-11-6-4-5-8-12-31-13-9-7-10-14-31)38(57)15-18-66-20-21-67-19-16-48-41(59)33(45)27-70/h7,9-10,13-14,24,28-30,33-36,39,55,70H,4-6,8,11-12,15-23,25-27,45H2,1-3H3,(H2,46,58)(H,47,49)(H,48,59)(H,50,56)(H,51,60)(H,52,61)(H,53,62)(H2,63,64,65)/t30-,33+,34+,35+,36+,39+/m1/s1. The molecular weight excluding hydrogens is 956 g/mol. The second kappa shape index (κ2) is 33.6. The number of nitrogens with one attached hydrogen (secondary N) is 6. The minimum atomic E-state index is -5.13. The Morgan fingerprint density at radius 3 is 2.07 bits per heavy atom. The van der Waals surface area contributed by atoms with Crippen molar-refractivity contribution in [2.45, 2.75) is 115 Å². The van der Waals surface area contributed by atoms with Gasteiger partial charge in [0.05, 0.1) is 64.5 Å². The van der Waals surface area contributed by atoms with E-state index in [1.54, 1.807) is 0 Å². The molecule has 0 radical (unpaired) electrons. The van der Waals surface area contributed by atoms with Gasteiger partial charge in [0.2, 0.25) is 41.4 Å². The molecule has 0 saturated carbocycles. The number of nitrogens with zero attached hydrogens (tertiary/aromatic N) is 2. The number of phosphoric acid groups is 1. The minimum Gasteiger partial charge on any atom is -0.394 e. The van der Waals surface area contributed by atoms with Gasteiger partial charge in [-0.15, -0.1) is 0 Å². The summed E-state index contributed by atoms with van der Waals surface area (Å²) in [6.45, 7) is 4.45. The van der Waals surface area contributed by atoms with Crippen LogP contribution < -0.4 is 38.1 Å². The maximum atomic E-state index is 14.0. The molecule has 0 spiro atoms. The molecule has 6 atom stereocenters. The molecule has 13 N–H and O–H groups in total. The first kappa shape index (κ1) is 61.1. The zero-order chi connectivity index (χ0) is 52.1. The number of aliphatic hydroxyl groups is 1. The molecule has 2 rings (SSSR count). The van der Waals surface area contributed by atoms with Crippen LogP contribution in [0.25, 0.3) is 0 Å². The van der Waals surface area contributed by atoms with Crippen LogP contribution in [0.5, 0.6) is 0 Å². The summed E-state index contributed by atoms with van der Waals surface area (Å²) in [4.78, 5) is 119. The lowest BCUT2D eigenvalue weighted by Crippen LogP contribution is -2.60. The summed E-state index contributed by atoms with van der Waals surface area (Å²) in [5, 5.41) is 22.4. The van der Waals surface area contributed by atoms with E-state index in [0.717, 1.165) is 39.0 Å². The molecule has 0 bridgehead atoms. The SMILES string of the molecule is CC(C)C[C@H](NC(=O)CN(CCCCCCCc1ccccc1)C(=O)CCOCCOCCNC(=O)[C@@H](N)CS)C(=O)N[C@@H](Cc1cnc[nH]1)C(=O)N[C@@H](CO)C(=O)N[C@H](C(N)=O)[C@@H](C)OP(=O)(O)O. The van der Waals surface area contributed by atoms with E-state index >= 15 is 0 Å². The van der Waals surface area contributed by atoms with Crippen molar-refractivity contribution in [1.29, 1.82) is 0 Å². The zero-order valence-electron chi connectivity index (χ0n) is 40.1. The Morgan fingerprint density at radius 1 is 0.829 bits per heavy atom. The number of H-pyrrole nitrogens is 1. The van der Waals surface area contributed by atoms with Gasteiger partial charge in [0.25, 0.3) is 0 Å². The number of amides is 7. The average Bonchev–Trinajstić information content (AvgIpc) is 3.82. The van der Waals surface area contributed by atoms with Gasteiger partial charge in [-0.3, -0.25) is 38.1 Å². The number of aryl methyl sites for hydroxylation is 1. The van der Waals surface area contributed by atoms with Crippen LogP contribution >= 0.6 is 20.5 Å². The fraction of sp³-hybridized carbons (Fsp3) is 0.636. The number of aliphatic hydroxyl groups excluding tert-OH is 1. The summed E-state index contributed by atoms with van der Waals surface area (Å²) in [5.74, 6) is -5.44. The largest absolute Gasteiger partial charge is 0.469 e. The fourth-order valence-electron chi connectivity index (χ4n) is 6.83. The fourth-order valence-corrected chi connectivity index (χ4v) is 7.55. The first-order valence-electron chi connectivity index (χ1n) is 23.2. The van der Waals surface area contributed by atoms with E-state index in [-0.39, 0.29) is 88.8 Å². The zero-order valence-corrected chi connectivity index (χ0v) is 41.9. The van der Waals surface area contributed by atoms with Crippen LogP contribution in [-0.2, 0) is 65.0 Å². The molecule has 24 nitrogen and oxygen atoms in total. The van der Waals surface area contributed by atoms with Gasteiger partial charge < -0.3 is 72.3 Å². The highest BCUT2D eigenvalue weighted by Crippen LogP contribution is 2.38. The first-order chi connectivity index (χ1) is 33.2. The maximum absolute atomic E-state index is 14.0. The number of ether oxygens (including phenoxy) is 2. The Morgan fingerprint density at radius 2 is 1.46 bits per heavy atom. The van der Waals surface area contributed by atoms with Gasteiger partial charge in [0, 0.05) is 37.2 Å². The van der Waals surface area contributed by atoms with Crippen LogP contribution in [0, 0.1) is 5.92 Å². The van der Waals surface area contributed by atoms with Crippen molar-refractivity contribution in [2.75, 3.05) is 58.4 Å². The monoisotopic (exact) mass is 1030 g/mol. The van der Waals surface area contributed by atoms with E-state index in [1.165, 1.54) is 23.0 Å². The summed E-state index contributed by atoms with van der Waals surface area (Å²) in [5.41, 5.74) is 12.6. The number of benzene rings is 1. The molecule has 0 aliphatic rings. The van der Waals surface area contributed by atoms with E-state index in [1.807, 2.05) is 32.0 Å². The predicted molar refractivity (Wildman–Crippen MR) is 259 cm³/mol. The highest BCUT2D eigenvalue weighted by molar-refractivity contribution is 7.80. The summed E-state index contributed by atoms with van der Waals surface area (Å²) in [6.07, 6.45) is 6.25. The second-order valence-electron chi connectivity index (χ2n) is 16.9. The lowest BCUT2D eigenvalue weighted by molar-refractivity contribution is -0.138. The molecule has 0 aliphatic carbocycles. The first-order valence-corrected chi connectivity index (χ1v) is 25.3. The van der Waals surface area contributed by atoms with Gasteiger partial charge in [-0.1, -0.05) is 63.4 Å². The maximum Gasteiger partial charge on any atom is 0.469 e. The van der Waals surface area contributed by atoms with Crippen molar-refractivity contribution in [2.24, 2.45) is 17.4 Å². The van der Waals surface area contributed by atoms with Crippen LogP contribution in [0.4, 0.5) is 0 Å². The van der Waals surface area contributed by atoms with Gasteiger partial charge in [-0.2, -0.15) is 12.6 Å². The van der Waals surface area contributed by atoms with E-state index in [9.17, 15) is 43.2 Å². The number of phosphoric ester groups is 1. The summed E-state index contributed by atoms with van der Waals surface area (Å²) < 4.78 is 26.9. The number of primary amides is 1. The number of aromatic amines is 1. The molecule has 1 heterocycles. The number of carbonyl (C=O) groups excluding carboxylic acids is 7.